The van der Waals surface area contributed by atoms with Gasteiger partial charge in [-0.2, -0.15) is 0 Å². The van der Waals surface area contributed by atoms with Gasteiger partial charge in [0.15, 0.2) is 0 Å². The Morgan fingerprint density at radius 1 is 0.950 bits per heavy atom. The molecule has 0 radical (unpaired) electrons. The standard InChI is InChI=1S/C17H29NO2/c1-3-4-6-14-20-17-10-8-16(9-11-17)15-18-12-5-7-13-19-2/h8-11,18H,3-7,12-15H2,1-2H3. The third-order valence-electron chi connectivity index (χ3n) is 3.22. The number of methoxy groups -OCH3 is 1. The van der Waals surface area contributed by atoms with Crippen LogP contribution in [-0.2, 0) is 11.3 Å². The van der Waals surface area contributed by atoms with Gasteiger partial charge in [0.05, 0.1) is 6.61 Å². The number of rotatable bonds is 12. The van der Waals surface area contributed by atoms with E-state index in [-0.39, 0.29) is 0 Å². The van der Waals surface area contributed by atoms with Crippen molar-refractivity contribution >= 4 is 0 Å². The highest BCUT2D eigenvalue weighted by Crippen LogP contribution is 2.12. The molecule has 0 atom stereocenters. The van der Waals surface area contributed by atoms with Gasteiger partial charge in [-0.1, -0.05) is 31.9 Å². The molecule has 0 spiro atoms. The van der Waals surface area contributed by atoms with E-state index in [0.717, 1.165) is 51.3 Å². The first-order valence-electron chi connectivity index (χ1n) is 7.78. The molecule has 1 aromatic rings. The van der Waals surface area contributed by atoms with Crippen LogP contribution in [0.2, 0.25) is 0 Å². The number of hydrogen-bond acceptors (Lipinski definition) is 3. The molecule has 114 valence electrons. The summed E-state index contributed by atoms with van der Waals surface area (Å²) in [6.07, 6.45) is 5.89. The van der Waals surface area contributed by atoms with Crippen molar-refractivity contribution in [1.82, 2.24) is 5.32 Å². The zero-order valence-corrected chi connectivity index (χ0v) is 13.0. The molecule has 0 aliphatic heterocycles. The molecule has 0 fully saturated rings. The third kappa shape index (κ3) is 8.18. The number of hydrogen-bond donors (Lipinski definition) is 1. The summed E-state index contributed by atoms with van der Waals surface area (Å²) in [7, 11) is 1.75. The lowest BCUT2D eigenvalue weighted by Crippen LogP contribution is -2.15. The number of ether oxygens (including phenoxy) is 2. The van der Waals surface area contributed by atoms with Crippen molar-refractivity contribution in [2.75, 3.05) is 26.9 Å². The van der Waals surface area contributed by atoms with Crippen molar-refractivity contribution < 1.29 is 9.47 Å². The van der Waals surface area contributed by atoms with Crippen LogP contribution in [-0.4, -0.2) is 26.9 Å². The second kappa shape index (κ2) is 11.7. The van der Waals surface area contributed by atoms with Crippen LogP contribution in [0.25, 0.3) is 0 Å². The Balaban J connectivity index is 2.12. The van der Waals surface area contributed by atoms with Crippen LogP contribution in [0, 0.1) is 0 Å². The van der Waals surface area contributed by atoms with Crippen molar-refractivity contribution in [3.05, 3.63) is 29.8 Å². The van der Waals surface area contributed by atoms with Gasteiger partial charge in [-0.05, 0) is 43.5 Å². The molecule has 0 aliphatic rings. The van der Waals surface area contributed by atoms with E-state index in [4.69, 9.17) is 9.47 Å². The van der Waals surface area contributed by atoms with Crippen molar-refractivity contribution in [3.63, 3.8) is 0 Å². The highest BCUT2D eigenvalue weighted by molar-refractivity contribution is 5.27. The minimum Gasteiger partial charge on any atom is -0.494 e. The van der Waals surface area contributed by atoms with Gasteiger partial charge in [-0.25, -0.2) is 0 Å². The van der Waals surface area contributed by atoms with E-state index in [0.29, 0.717) is 0 Å². The SMILES string of the molecule is CCCCCOc1ccc(CNCCCCOC)cc1. The lowest BCUT2D eigenvalue weighted by atomic mass is 10.2. The molecule has 0 unspecified atom stereocenters. The Morgan fingerprint density at radius 3 is 2.40 bits per heavy atom. The van der Waals surface area contributed by atoms with Crippen LogP contribution in [0.4, 0.5) is 0 Å². The van der Waals surface area contributed by atoms with Gasteiger partial charge in [-0.3, -0.25) is 0 Å². The van der Waals surface area contributed by atoms with Crippen LogP contribution >= 0.6 is 0 Å². The van der Waals surface area contributed by atoms with Gasteiger partial charge >= 0.3 is 0 Å². The summed E-state index contributed by atoms with van der Waals surface area (Å²) < 4.78 is 10.7. The van der Waals surface area contributed by atoms with Crippen molar-refractivity contribution in [2.24, 2.45) is 0 Å². The fourth-order valence-electron chi connectivity index (χ4n) is 1.97. The van der Waals surface area contributed by atoms with Crippen LogP contribution < -0.4 is 10.1 Å². The predicted molar refractivity (Wildman–Crippen MR) is 84.3 cm³/mol. The van der Waals surface area contributed by atoms with E-state index in [1.807, 2.05) is 0 Å². The lowest BCUT2D eigenvalue weighted by molar-refractivity contribution is 0.192. The summed E-state index contributed by atoms with van der Waals surface area (Å²) in [5.74, 6) is 0.977. The summed E-state index contributed by atoms with van der Waals surface area (Å²) in [5.41, 5.74) is 1.30. The molecule has 0 saturated carbocycles. The molecule has 3 heteroatoms. The van der Waals surface area contributed by atoms with E-state index in [9.17, 15) is 0 Å². The smallest absolute Gasteiger partial charge is 0.119 e. The molecule has 3 nitrogen and oxygen atoms in total. The first-order chi connectivity index (χ1) is 9.86. The monoisotopic (exact) mass is 279 g/mol. The predicted octanol–water partition coefficient (Wildman–Crippen LogP) is 3.77. The molecular formula is C17H29NO2. The van der Waals surface area contributed by atoms with Crippen molar-refractivity contribution in [3.8, 4) is 5.75 Å². The van der Waals surface area contributed by atoms with Crippen molar-refractivity contribution in [2.45, 2.75) is 45.6 Å². The van der Waals surface area contributed by atoms with E-state index in [2.05, 4.69) is 36.5 Å². The normalized spacial score (nSPS) is 10.7. The molecule has 1 N–H and O–H groups in total. The molecule has 0 bridgehead atoms. The van der Waals surface area contributed by atoms with Gasteiger partial charge < -0.3 is 14.8 Å². The molecule has 0 aromatic heterocycles. The second-order valence-electron chi connectivity index (χ2n) is 5.08. The summed E-state index contributed by atoms with van der Waals surface area (Å²) in [6.45, 7) is 5.84. The molecular weight excluding hydrogens is 250 g/mol. The Bertz CT molecular complexity index is 324. The van der Waals surface area contributed by atoms with E-state index >= 15 is 0 Å². The van der Waals surface area contributed by atoms with E-state index in [1.54, 1.807) is 7.11 Å². The number of unbranched alkanes of at least 4 members (excludes halogenated alkanes) is 3. The molecule has 0 saturated heterocycles. The topological polar surface area (TPSA) is 30.5 Å². The van der Waals surface area contributed by atoms with Crippen molar-refractivity contribution in [1.29, 1.82) is 0 Å². The van der Waals surface area contributed by atoms with Gasteiger partial charge in [-0.15, -0.1) is 0 Å². The Labute approximate surface area is 123 Å². The van der Waals surface area contributed by atoms with Gasteiger partial charge in [0, 0.05) is 20.3 Å². The summed E-state index contributed by atoms with van der Waals surface area (Å²) >= 11 is 0. The van der Waals surface area contributed by atoms with Crippen LogP contribution in [0.5, 0.6) is 5.75 Å². The maximum absolute atomic E-state index is 5.70. The molecule has 0 heterocycles. The Kier molecular flexibility index (Phi) is 9.98. The largest absolute Gasteiger partial charge is 0.494 e. The molecule has 0 amide bonds. The van der Waals surface area contributed by atoms with Crippen LogP contribution in [0.1, 0.15) is 44.6 Å². The van der Waals surface area contributed by atoms with Gasteiger partial charge in [0.2, 0.25) is 0 Å². The highest BCUT2D eigenvalue weighted by atomic mass is 16.5. The number of nitrogens with one attached hydrogen (secondary N) is 1. The van der Waals surface area contributed by atoms with Gasteiger partial charge in [0.1, 0.15) is 5.75 Å². The zero-order valence-electron chi connectivity index (χ0n) is 13.0. The minimum atomic E-state index is 0.824. The highest BCUT2D eigenvalue weighted by Gasteiger charge is 1.96. The first-order valence-corrected chi connectivity index (χ1v) is 7.78. The average Bonchev–Trinajstić information content (AvgIpc) is 2.49. The first kappa shape index (κ1) is 17.0. The number of benzene rings is 1. The average molecular weight is 279 g/mol. The molecule has 0 aliphatic carbocycles. The van der Waals surface area contributed by atoms with Gasteiger partial charge in [0.25, 0.3) is 0 Å². The van der Waals surface area contributed by atoms with Crippen LogP contribution in [0.3, 0.4) is 0 Å². The maximum atomic E-state index is 5.70. The zero-order chi connectivity index (χ0) is 14.5. The fraction of sp³-hybridized carbons (Fsp3) is 0.647. The quantitative estimate of drug-likeness (QED) is 0.591. The molecule has 1 aromatic carbocycles. The Hall–Kier alpha value is -1.06. The summed E-state index contributed by atoms with van der Waals surface area (Å²) in [6, 6.07) is 8.40. The second-order valence-corrected chi connectivity index (χ2v) is 5.08. The summed E-state index contributed by atoms with van der Waals surface area (Å²) in [4.78, 5) is 0. The third-order valence-corrected chi connectivity index (χ3v) is 3.22. The van der Waals surface area contributed by atoms with E-state index in [1.165, 1.54) is 18.4 Å². The fourth-order valence-corrected chi connectivity index (χ4v) is 1.97. The summed E-state index contributed by atoms with van der Waals surface area (Å²) in [5, 5.41) is 3.44. The lowest BCUT2D eigenvalue weighted by Gasteiger charge is -2.08. The minimum absolute atomic E-state index is 0.824. The Morgan fingerprint density at radius 2 is 1.70 bits per heavy atom. The molecule has 1 rings (SSSR count). The van der Waals surface area contributed by atoms with E-state index < -0.39 is 0 Å². The molecule has 20 heavy (non-hydrogen) atoms. The maximum Gasteiger partial charge on any atom is 0.119 e. The van der Waals surface area contributed by atoms with Crippen LogP contribution in [0.15, 0.2) is 24.3 Å².